The van der Waals surface area contributed by atoms with Crippen molar-refractivity contribution in [2.45, 2.75) is 12.8 Å². The van der Waals surface area contributed by atoms with Crippen molar-refractivity contribution in [3.63, 3.8) is 0 Å². The Bertz CT molecular complexity index is 625. The van der Waals surface area contributed by atoms with E-state index in [1.807, 2.05) is 0 Å². The van der Waals surface area contributed by atoms with Gasteiger partial charge in [-0.15, -0.1) is 0 Å². The van der Waals surface area contributed by atoms with Crippen molar-refractivity contribution in [2.24, 2.45) is 5.41 Å². The number of halogens is 2. The zero-order chi connectivity index (χ0) is 13.8. The van der Waals surface area contributed by atoms with Crippen LogP contribution < -0.4 is 10.2 Å². The number of urea groups is 1. The summed E-state index contributed by atoms with van der Waals surface area (Å²) in [6.45, 7) is 0. The third-order valence-corrected chi connectivity index (χ3v) is 3.92. The molecule has 0 radical (unpaired) electrons. The summed E-state index contributed by atoms with van der Waals surface area (Å²) in [6.07, 6.45) is 0.888. The number of barbiturate groups is 1. The Morgan fingerprint density at radius 1 is 1.16 bits per heavy atom. The minimum Gasteiger partial charge on any atom is -0.276 e. The number of hydrogen-bond donors (Lipinski definition) is 1. The number of nitrogens with one attached hydrogen (secondary N) is 1. The van der Waals surface area contributed by atoms with Crippen LogP contribution in [0.25, 0.3) is 0 Å². The predicted molar refractivity (Wildman–Crippen MR) is 69.2 cm³/mol. The Labute approximate surface area is 118 Å². The molecule has 19 heavy (non-hydrogen) atoms. The Kier molecular flexibility index (Phi) is 2.59. The molecule has 4 amide bonds. The van der Waals surface area contributed by atoms with Gasteiger partial charge in [0.1, 0.15) is 5.41 Å². The van der Waals surface area contributed by atoms with E-state index in [-0.39, 0.29) is 10.7 Å². The van der Waals surface area contributed by atoms with Gasteiger partial charge in [0.05, 0.1) is 10.7 Å². The van der Waals surface area contributed by atoms with Crippen molar-refractivity contribution in [3.8, 4) is 0 Å². The largest absolute Gasteiger partial charge is 0.335 e. The highest BCUT2D eigenvalue weighted by molar-refractivity contribution is 6.39. The summed E-state index contributed by atoms with van der Waals surface area (Å²) in [5.74, 6) is -1.07. The molecule has 98 valence electrons. The first-order chi connectivity index (χ1) is 8.95. The molecule has 5 nitrogen and oxygen atoms in total. The quantitative estimate of drug-likeness (QED) is 0.809. The van der Waals surface area contributed by atoms with Crippen LogP contribution in [0.2, 0.25) is 10.0 Å². The number of nitrogens with zero attached hydrogens (tertiary/aromatic N) is 1. The average molecular weight is 299 g/mol. The number of hydrogen-bond acceptors (Lipinski definition) is 3. The van der Waals surface area contributed by atoms with Crippen LogP contribution in [-0.4, -0.2) is 17.8 Å². The minimum absolute atomic E-state index is 0.190. The summed E-state index contributed by atoms with van der Waals surface area (Å²) in [7, 11) is 0. The summed E-state index contributed by atoms with van der Waals surface area (Å²) in [5.41, 5.74) is -0.907. The van der Waals surface area contributed by atoms with E-state index < -0.39 is 23.3 Å². The van der Waals surface area contributed by atoms with Crippen LogP contribution in [-0.2, 0) is 9.59 Å². The summed E-state index contributed by atoms with van der Waals surface area (Å²) < 4.78 is 0. The first kappa shape index (κ1) is 12.4. The van der Waals surface area contributed by atoms with Gasteiger partial charge in [-0.25, -0.2) is 9.69 Å². The van der Waals surface area contributed by atoms with Crippen molar-refractivity contribution in [3.05, 3.63) is 28.2 Å². The van der Waals surface area contributed by atoms with E-state index in [2.05, 4.69) is 5.32 Å². The van der Waals surface area contributed by atoms with Crippen LogP contribution in [0.15, 0.2) is 18.2 Å². The number of anilines is 1. The van der Waals surface area contributed by atoms with Crippen molar-refractivity contribution >= 4 is 46.7 Å². The van der Waals surface area contributed by atoms with E-state index >= 15 is 0 Å². The maximum atomic E-state index is 12.3. The molecule has 1 N–H and O–H groups in total. The number of carbonyl (C=O) groups is 3. The molecular weight excluding hydrogens is 291 g/mol. The van der Waals surface area contributed by atoms with Crippen molar-refractivity contribution in [1.29, 1.82) is 0 Å². The lowest BCUT2D eigenvalue weighted by Gasteiger charge is -2.30. The lowest BCUT2D eigenvalue weighted by atomic mass is 10.0. The van der Waals surface area contributed by atoms with Gasteiger partial charge >= 0.3 is 6.03 Å². The Morgan fingerprint density at radius 2 is 1.84 bits per heavy atom. The van der Waals surface area contributed by atoms with E-state index in [9.17, 15) is 14.4 Å². The fourth-order valence-corrected chi connectivity index (χ4v) is 2.49. The van der Waals surface area contributed by atoms with E-state index in [1.54, 1.807) is 6.07 Å². The molecule has 3 rings (SSSR count). The van der Waals surface area contributed by atoms with Gasteiger partial charge in [-0.1, -0.05) is 23.2 Å². The van der Waals surface area contributed by atoms with Crippen LogP contribution in [0.5, 0.6) is 0 Å². The highest BCUT2D eigenvalue weighted by atomic mass is 35.5. The molecule has 2 fully saturated rings. The van der Waals surface area contributed by atoms with Gasteiger partial charge in [-0.05, 0) is 31.0 Å². The van der Waals surface area contributed by atoms with E-state index in [4.69, 9.17) is 23.2 Å². The van der Waals surface area contributed by atoms with E-state index in [0.29, 0.717) is 17.9 Å². The summed E-state index contributed by atoms with van der Waals surface area (Å²) in [5, 5.41) is 2.75. The zero-order valence-electron chi connectivity index (χ0n) is 9.57. The minimum atomic E-state index is -1.10. The predicted octanol–water partition coefficient (Wildman–Crippen LogP) is 2.36. The second-order valence-corrected chi connectivity index (χ2v) is 5.42. The number of amides is 4. The standard InChI is InChI=1S/C12H8Cl2N2O3/c13-6-1-2-7(14)8(5-6)16-10(18)12(3-4-12)9(17)15-11(16)19/h1-2,5H,3-4H2,(H,15,17,19). The van der Waals surface area contributed by atoms with Gasteiger partial charge < -0.3 is 0 Å². The highest BCUT2D eigenvalue weighted by Crippen LogP contribution is 2.50. The molecular formula is C12H8Cl2N2O3. The molecule has 1 spiro atoms. The van der Waals surface area contributed by atoms with Crippen LogP contribution in [0.1, 0.15) is 12.8 Å². The van der Waals surface area contributed by atoms with Gasteiger partial charge in [0.25, 0.3) is 5.91 Å². The Hall–Kier alpha value is -1.59. The molecule has 2 aliphatic rings. The monoisotopic (exact) mass is 298 g/mol. The summed E-state index contributed by atoms with van der Waals surface area (Å²) >= 11 is 11.8. The molecule has 0 atom stereocenters. The topological polar surface area (TPSA) is 66.5 Å². The average Bonchev–Trinajstić information content (AvgIpc) is 3.13. The molecule has 1 saturated carbocycles. The fraction of sp³-hybridized carbons (Fsp3) is 0.250. The van der Waals surface area contributed by atoms with Crippen LogP contribution in [0.4, 0.5) is 10.5 Å². The smallest absolute Gasteiger partial charge is 0.276 e. The lowest BCUT2D eigenvalue weighted by molar-refractivity contribution is -0.136. The Morgan fingerprint density at radius 3 is 2.47 bits per heavy atom. The van der Waals surface area contributed by atoms with Gasteiger partial charge in [0.2, 0.25) is 5.91 Å². The highest BCUT2D eigenvalue weighted by Gasteiger charge is 2.62. The van der Waals surface area contributed by atoms with Crippen molar-refractivity contribution < 1.29 is 14.4 Å². The third-order valence-electron chi connectivity index (χ3n) is 3.37. The van der Waals surface area contributed by atoms with Gasteiger partial charge in [0.15, 0.2) is 0 Å². The molecule has 1 aromatic rings. The van der Waals surface area contributed by atoms with E-state index in [1.165, 1.54) is 12.1 Å². The van der Waals surface area contributed by atoms with Gasteiger partial charge in [-0.3, -0.25) is 14.9 Å². The lowest BCUT2D eigenvalue weighted by Crippen LogP contribution is -2.59. The number of imide groups is 2. The van der Waals surface area contributed by atoms with Gasteiger partial charge in [0, 0.05) is 5.02 Å². The first-order valence-electron chi connectivity index (χ1n) is 5.61. The summed E-state index contributed by atoms with van der Waals surface area (Å²) in [4.78, 5) is 36.8. The zero-order valence-corrected chi connectivity index (χ0v) is 11.1. The second kappa shape index (κ2) is 3.95. The molecule has 1 heterocycles. The Balaban J connectivity index is 2.08. The molecule has 1 aromatic carbocycles. The second-order valence-electron chi connectivity index (χ2n) is 4.58. The fourth-order valence-electron chi connectivity index (χ4n) is 2.12. The molecule has 1 saturated heterocycles. The van der Waals surface area contributed by atoms with Crippen LogP contribution in [0, 0.1) is 5.41 Å². The molecule has 1 aliphatic heterocycles. The summed E-state index contributed by atoms with van der Waals surface area (Å²) in [6, 6.07) is 3.68. The first-order valence-corrected chi connectivity index (χ1v) is 6.36. The molecule has 0 unspecified atom stereocenters. The molecule has 7 heteroatoms. The maximum Gasteiger partial charge on any atom is 0.335 e. The van der Waals surface area contributed by atoms with Crippen molar-refractivity contribution in [1.82, 2.24) is 5.32 Å². The normalized spacial score (nSPS) is 20.7. The SMILES string of the molecule is O=C1NC(=O)C2(CC2)C(=O)N1c1cc(Cl)ccc1Cl. The number of carbonyl (C=O) groups excluding carboxylic acids is 3. The van der Waals surface area contributed by atoms with E-state index in [0.717, 1.165) is 4.90 Å². The number of benzene rings is 1. The third kappa shape index (κ3) is 1.73. The van der Waals surface area contributed by atoms with Crippen LogP contribution in [0.3, 0.4) is 0 Å². The molecule has 0 aromatic heterocycles. The maximum absolute atomic E-state index is 12.3. The molecule has 1 aliphatic carbocycles. The molecule has 0 bridgehead atoms. The van der Waals surface area contributed by atoms with Gasteiger partial charge in [-0.2, -0.15) is 0 Å². The van der Waals surface area contributed by atoms with Crippen molar-refractivity contribution in [2.75, 3.05) is 4.90 Å². The number of rotatable bonds is 1. The van der Waals surface area contributed by atoms with Crippen LogP contribution >= 0.6 is 23.2 Å².